The first-order valence-corrected chi connectivity index (χ1v) is 11.6. The van der Waals surface area contributed by atoms with Crippen molar-refractivity contribution in [1.29, 1.82) is 0 Å². The molecular weight excluding hydrogens is 410 g/mol. The molecule has 0 saturated heterocycles. The van der Waals surface area contributed by atoms with Crippen LogP contribution in [0.3, 0.4) is 0 Å². The second-order valence-corrected chi connectivity index (χ2v) is 8.59. The largest absolute Gasteiger partial charge is 0.372 e. The summed E-state index contributed by atoms with van der Waals surface area (Å²) < 4.78 is 6.34. The van der Waals surface area contributed by atoms with Crippen molar-refractivity contribution in [2.24, 2.45) is 0 Å². The van der Waals surface area contributed by atoms with Gasteiger partial charge in [0.25, 0.3) is 5.91 Å². The Kier molecular flexibility index (Phi) is 7.76. The van der Waals surface area contributed by atoms with Crippen molar-refractivity contribution < 1.29 is 9.53 Å². The lowest BCUT2D eigenvalue weighted by Gasteiger charge is -2.22. The van der Waals surface area contributed by atoms with Crippen LogP contribution in [-0.4, -0.2) is 44.5 Å². The molecule has 5 heteroatoms. The minimum absolute atomic E-state index is 0.0431. The zero-order valence-electron chi connectivity index (χ0n) is 19.5. The lowest BCUT2D eigenvalue weighted by molar-refractivity contribution is 0.0343. The van der Waals surface area contributed by atoms with Gasteiger partial charge in [0, 0.05) is 32.4 Å². The van der Waals surface area contributed by atoms with Gasteiger partial charge in [-0.2, -0.15) is 0 Å². The Morgan fingerprint density at radius 1 is 0.939 bits per heavy atom. The lowest BCUT2D eigenvalue weighted by Crippen LogP contribution is -2.33. The van der Waals surface area contributed by atoms with E-state index in [1.54, 1.807) is 0 Å². The molecule has 3 aromatic rings. The van der Waals surface area contributed by atoms with E-state index in [0.717, 1.165) is 41.9 Å². The standard InChI is InChI=1S/C28H33N3O2/c1-29-16-15-27(24-11-4-3-5-12-24)33-21-23-10-8-9-22(19-23)20-31-18-17-30(2)26-14-7-6-13-25(26)28(31)32/h3-14,19,27,29H,15-18,20-21H2,1-2H3. The predicted octanol–water partition coefficient (Wildman–Crippen LogP) is 4.65. The quantitative estimate of drug-likeness (QED) is 0.523. The van der Waals surface area contributed by atoms with Crippen molar-refractivity contribution in [2.45, 2.75) is 25.7 Å². The number of hydrogen-bond donors (Lipinski definition) is 1. The van der Waals surface area contributed by atoms with Crippen LogP contribution < -0.4 is 10.2 Å². The van der Waals surface area contributed by atoms with Crippen LogP contribution in [0.5, 0.6) is 0 Å². The maximum absolute atomic E-state index is 13.2. The minimum Gasteiger partial charge on any atom is -0.372 e. The summed E-state index contributed by atoms with van der Waals surface area (Å²) in [5.74, 6) is 0.0906. The van der Waals surface area contributed by atoms with Crippen molar-refractivity contribution in [1.82, 2.24) is 10.2 Å². The van der Waals surface area contributed by atoms with Gasteiger partial charge in [-0.3, -0.25) is 4.79 Å². The van der Waals surface area contributed by atoms with E-state index < -0.39 is 0 Å². The van der Waals surface area contributed by atoms with Crippen molar-refractivity contribution in [3.63, 3.8) is 0 Å². The Morgan fingerprint density at radius 2 is 1.70 bits per heavy atom. The molecule has 1 heterocycles. The second-order valence-electron chi connectivity index (χ2n) is 8.59. The normalized spacial score (nSPS) is 14.7. The van der Waals surface area contributed by atoms with Gasteiger partial charge in [-0.15, -0.1) is 0 Å². The van der Waals surface area contributed by atoms with E-state index in [2.05, 4.69) is 58.7 Å². The molecule has 1 unspecified atom stereocenters. The number of para-hydroxylation sites is 1. The molecule has 5 nitrogen and oxygen atoms in total. The van der Waals surface area contributed by atoms with Crippen molar-refractivity contribution in [3.8, 4) is 0 Å². The number of fused-ring (bicyclic) bond motifs is 1. The molecule has 0 spiro atoms. The van der Waals surface area contributed by atoms with Gasteiger partial charge in [0.1, 0.15) is 0 Å². The van der Waals surface area contributed by atoms with Gasteiger partial charge in [0.05, 0.1) is 18.3 Å². The third-order valence-electron chi connectivity index (χ3n) is 6.18. The fraction of sp³-hybridized carbons (Fsp3) is 0.321. The number of anilines is 1. The monoisotopic (exact) mass is 443 g/mol. The molecule has 0 fully saturated rings. The molecule has 0 aromatic heterocycles. The van der Waals surface area contributed by atoms with Crippen LogP contribution in [0.1, 0.15) is 39.6 Å². The summed E-state index contributed by atoms with van der Waals surface area (Å²) in [6.07, 6.45) is 0.955. The average molecular weight is 444 g/mol. The van der Waals surface area contributed by atoms with E-state index in [-0.39, 0.29) is 12.0 Å². The van der Waals surface area contributed by atoms with Gasteiger partial charge in [0.2, 0.25) is 0 Å². The molecule has 3 aromatic carbocycles. The predicted molar refractivity (Wildman–Crippen MR) is 133 cm³/mol. The van der Waals surface area contributed by atoms with Crippen molar-refractivity contribution in [2.75, 3.05) is 38.6 Å². The van der Waals surface area contributed by atoms with Gasteiger partial charge in [0.15, 0.2) is 0 Å². The zero-order valence-corrected chi connectivity index (χ0v) is 19.5. The number of rotatable bonds is 9. The van der Waals surface area contributed by atoms with E-state index in [4.69, 9.17) is 4.74 Å². The molecule has 1 atom stereocenters. The molecule has 1 aliphatic heterocycles. The Labute approximate surface area is 197 Å². The lowest BCUT2D eigenvalue weighted by atomic mass is 10.1. The van der Waals surface area contributed by atoms with Gasteiger partial charge >= 0.3 is 0 Å². The fourth-order valence-corrected chi connectivity index (χ4v) is 4.33. The van der Waals surface area contributed by atoms with Crippen LogP contribution in [0.4, 0.5) is 5.69 Å². The number of benzene rings is 3. The van der Waals surface area contributed by atoms with Crippen LogP contribution in [0.25, 0.3) is 0 Å². The zero-order chi connectivity index (χ0) is 23.0. The number of nitrogens with zero attached hydrogens (tertiary/aromatic N) is 2. The Bertz CT molecular complexity index is 1050. The van der Waals surface area contributed by atoms with Crippen LogP contribution in [0.2, 0.25) is 0 Å². The molecule has 33 heavy (non-hydrogen) atoms. The summed E-state index contributed by atoms with van der Waals surface area (Å²) in [5.41, 5.74) is 5.21. The van der Waals surface area contributed by atoms with E-state index in [1.165, 1.54) is 5.56 Å². The summed E-state index contributed by atoms with van der Waals surface area (Å²) in [6.45, 7) is 3.54. The summed E-state index contributed by atoms with van der Waals surface area (Å²) in [4.78, 5) is 17.3. The molecule has 1 aliphatic rings. The maximum atomic E-state index is 13.2. The molecule has 172 valence electrons. The maximum Gasteiger partial charge on any atom is 0.256 e. The Morgan fingerprint density at radius 3 is 2.52 bits per heavy atom. The Hall–Kier alpha value is -3.15. The number of nitrogens with one attached hydrogen (secondary N) is 1. The molecular formula is C28H33N3O2. The molecule has 0 radical (unpaired) electrons. The second kappa shape index (κ2) is 11.1. The third-order valence-corrected chi connectivity index (χ3v) is 6.18. The highest BCUT2D eigenvalue weighted by Gasteiger charge is 2.24. The van der Waals surface area contributed by atoms with Gasteiger partial charge in [-0.05, 0) is 48.8 Å². The van der Waals surface area contributed by atoms with Crippen molar-refractivity contribution >= 4 is 11.6 Å². The number of amides is 1. The van der Waals surface area contributed by atoms with Crippen LogP contribution >= 0.6 is 0 Å². The fourth-order valence-electron chi connectivity index (χ4n) is 4.33. The minimum atomic E-state index is 0.0431. The number of likely N-dealkylation sites (N-methyl/N-ethyl adjacent to an activating group) is 1. The molecule has 1 N–H and O–H groups in total. The SMILES string of the molecule is CNCCC(OCc1cccc(CN2CCN(C)c3ccccc3C2=O)c1)c1ccccc1. The summed E-state index contributed by atoms with van der Waals surface area (Å²) >= 11 is 0. The van der Waals surface area contributed by atoms with Gasteiger partial charge < -0.3 is 19.9 Å². The first-order chi connectivity index (χ1) is 16.2. The average Bonchev–Trinajstić information content (AvgIpc) is 2.97. The number of ether oxygens (including phenoxy) is 1. The van der Waals surface area contributed by atoms with E-state index in [1.807, 2.05) is 49.3 Å². The first kappa shape index (κ1) is 23.0. The molecule has 4 rings (SSSR count). The van der Waals surface area contributed by atoms with Crippen LogP contribution in [-0.2, 0) is 17.9 Å². The van der Waals surface area contributed by atoms with E-state index >= 15 is 0 Å². The topological polar surface area (TPSA) is 44.8 Å². The van der Waals surface area contributed by atoms with E-state index in [0.29, 0.717) is 19.7 Å². The first-order valence-electron chi connectivity index (χ1n) is 11.6. The number of hydrogen-bond acceptors (Lipinski definition) is 4. The summed E-state index contributed by atoms with van der Waals surface area (Å²) in [5, 5.41) is 3.22. The van der Waals surface area contributed by atoms with Crippen molar-refractivity contribution in [3.05, 3.63) is 101 Å². The van der Waals surface area contributed by atoms with Gasteiger partial charge in [-0.1, -0.05) is 66.7 Å². The smallest absolute Gasteiger partial charge is 0.256 e. The van der Waals surface area contributed by atoms with E-state index in [9.17, 15) is 4.79 Å². The van der Waals surface area contributed by atoms with Crippen LogP contribution in [0.15, 0.2) is 78.9 Å². The Balaban J connectivity index is 1.44. The van der Waals surface area contributed by atoms with Crippen LogP contribution in [0, 0.1) is 0 Å². The molecule has 1 amide bonds. The summed E-state index contributed by atoms with van der Waals surface area (Å²) in [7, 11) is 4.01. The highest BCUT2D eigenvalue weighted by atomic mass is 16.5. The highest BCUT2D eigenvalue weighted by molar-refractivity contribution is 6.00. The molecule has 0 aliphatic carbocycles. The number of carbonyl (C=O) groups is 1. The summed E-state index contributed by atoms with van der Waals surface area (Å²) in [6, 6.07) is 26.6. The van der Waals surface area contributed by atoms with Gasteiger partial charge in [-0.25, -0.2) is 0 Å². The molecule has 0 saturated carbocycles. The number of carbonyl (C=O) groups excluding carboxylic acids is 1. The third kappa shape index (κ3) is 5.81. The highest BCUT2D eigenvalue weighted by Crippen LogP contribution is 2.25. The molecule has 0 bridgehead atoms.